The molecule has 0 aromatic heterocycles. The number of aryl methyl sites for hydroxylation is 2. The van der Waals surface area contributed by atoms with Crippen molar-refractivity contribution >= 4 is 5.69 Å². The molecule has 0 radical (unpaired) electrons. The van der Waals surface area contributed by atoms with E-state index in [9.17, 15) is 0 Å². The summed E-state index contributed by atoms with van der Waals surface area (Å²) in [6.45, 7) is 13.7. The summed E-state index contributed by atoms with van der Waals surface area (Å²) in [4.78, 5) is 5.16. The fourth-order valence-corrected chi connectivity index (χ4v) is 2.72. The van der Waals surface area contributed by atoms with E-state index >= 15 is 0 Å². The van der Waals surface area contributed by atoms with Crippen molar-refractivity contribution in [3.8, 4) is 0 Å². The first-order valence-corrected chi connectivity index (χ1v) is 7.18. The van der Waals surface area contributed by atoms with Crippen LogP contribution in [0.2, 0.25) is 0 Å². The van der Waals surface area contributed by atoms with Crippen molar-refractivity contribution < 1.29 is 0 Å². The van der Waals surface area contributed by atoms with Gasteiger partial charge in [-0.3, -0.25) is 4.90 Å². The van der Waals surface area contributed by atoms with Crippen LogP contribution in [0.25, 0.3) is 0 Å². The average molecular weight is 246 g/mol. The molecule has 1 atom stereocenters. The molecule has 0 spiro atoms. The van der Waals surface area contributed by atoms with Crippen LogP contribution in [0.4, 0.5) is 5.69 Å². The number of hydrogen-bond acceptors (Lipinski definition) is 2. The Morgan fingerprint density at radius 3 is 2.39 bits per heavy atom. The van der Waals surface area contributed by atoms with Crippen LogP contribution < -0.4 is 4.90 Å². The molecule has 2 nitrogen and oxygen atoms in total. The van der Waals surface area contributed by atoms with Gasteiger partial charge in [0, 0.05) is 37.9 Å². The Balaban J connectivity index is 2.03. The standard InChI is InChI=1S/C16H26N2/c1-5-15(4)17-8-10-18(11-9-17)16-12-13(2)6-7-14(16)3/h6-7,12,15H,5,8-11H2,1-4H3. The number of piperazine rings is 1. The van der Waals surface area contributed by atoms with Gasteiger partial charge in [0.15, 0.2) is 0 Å². The molecule has 18 heavy (non-hydrogen) atoms. The lowest BCUT2D eigenvalue weighted by Gasteiger charge is -2.39. The molecule has 0 saturated carbocycles. The van der Waals surface area contributed by atoms with E-state index in [1.54, 1.807) is 0 Å². The summed E-state index contributed by atoms with van der Waals surface area (Å²) in [7, 11) is 0. The van der Waals surface area contributed by atoms with Gasteiger partial charge in [0.25, 0.3) is 0 Å². The summed E-state index contributed by atoms with van der Waals surface area (Å²) in [6.07, 6.45) is 1.25. The Morgan fingerprint density at radius 2 is 1.78 bits per heavy atom. The van der Waals surface area contributed by atoms with Crippen LogP contribution >= 0.6 is 0 Å². The third-order valence-electron chi connectivity index (χ3n) is 4.23. The molecular formula is C16H26N2. The number of anilines is 1. The van der Waals surface area contributed by atoms with Crippen molar-refractivity contribution in [3.05, 3.63) is 29.3 Å². The van der Waals surface area contributed by atoms with Gasteiger partial charge in [-0.1, -0.05) is 19.1 Å². The predicted molar refractivity (Wildman–Crippen MR) is 79.5 cm³/mol. The molecule has 0 aliphatic carbocycles. The average Bonchev–Trinajstić information content (AvgIpc) is 2.41. The Kier molecular flexibility index (Phi) is 4.28. The lowest BCUT2D eigenvalue weighted by molar-refractivity contribution is 0.193. The third-order valence-corrected chi connectivity index (χ3v) is 4.23. The predicted octanol–water partition coefficient (Wildman–Crippen LogP) is 3.22. The molecule has 2 heteroatoms. The van der Waals surface area contributed by atoms with Gasteiger partial charge in [-0.25, -0.2) is 0 Å². The van der Waals surface area contributed by atoms with Gasteiger partial charge in [-0.2, -0.15) is 0 Å². The Labute approximate surface area is 112 Å². The molecule has 0 bridgehead atoms. The molecule has 1 aromatic carbocycles. The van der Waals surface area contributed by atoms with Crippen LogP contribution in [-0.2, 0) is 0 Å². The summed E-state index contributed by atoms with van der Waals surface area (Å²) >= 11 is 0. The molecule has 100 valence electrons. The lowest BCUT2D eigenvalue weighted by Crippen LogP contribution is -2.49. The molecule has 2 rings (SSSR count). The van der Waals surface area contributed by atoms with Crippen LogP contribution in [0.3, 0.4) is 0 Å². The zero-order valence-corrected chi connectivity index (χ0v) is 12.2. The van der Waals surface area contributed by atoms with Gasteiger partial charge in [0.1, 0.15) is 0 Å². The van der Waals surface area contributed by atoms with E-state index in [4.69, 9.17) is 0 Å². The molecule has 1 aliphatic rings. The maximum atomic E-state index is 2.61. The Morgan fingerprint density at radius 1 is 1.11 bits per heavy atom. The van der Waals surface area contributed by atoms with Crippen molar-refractivity contribution in [1.29, 1.82) is 0 Å². The van der Waals surface area contributed by atoms with Crippen molar-refractivity contribution in [1.82, 2.24) is 4.90 Å². The van der Waals surface area contributed by atoms with Crippen LogP contribution in [0.15, 0.2) is 18.2 Å². The molecule has 1 saturated heterocycles. The molecule has 1 heterocycles. The monoisotopic (exact) mass is 246 g/mol. The molecule has 1 aromatic rings. The van der Waals surface area contributed by atoms with Gasteiger partial charge in [0.2, 0.25) is 0 Å². The maximum absolute atomic E-state index is 2.61. The van der Waals surface area contributed by atoms with E-state index in [1.165, 1.54) is 36.3 Å². The van der Waals surface area contributed by atoms with E-state index in [0.717, 1.165) is 19.1 Å². The van der Waals surface area contributed by atoms with Crippen LogP contribution in [0.1, 0.15) is 31.4 Å². The molecule has 1 fully saturated rings. The number of hydrogen-bond donors (Lipinski definition) is 0. The highest BCUT2D eigenvalue weighted by Gasteiger charge is 2.20. The molecule has 1 aliphatic heterocycles. The number of rotatable bonds is 3. The van der Waals surface area contributed by atoms with Gasteiger partial charge in [-0.05, 0) is 44.4 Å². The highest BCUT2D eigenvalue weighted by Crippen LogP contribution is 2.23. The fraction of sp³-hybridized carbons (Fsp3) is 0.625. The van der Waals surface area contributed by atoms with E-state index in [2.05, 4.69) is 55.7 Å². The second-order valence-corrected chi connectivity index (χ2v) is 5.57. The molecule has 1 unspecified atom stereocenters. The second-order valence-electron chi connectivity index (χ2n) is 5.57. The third kappa shape index (κ3) is 2.86. The number of benzene rings is 1. The van der Waals surface area contributed by atoms with E-state index in [1.807, 2.05) is 0 Å². The highest BCUT2D eigenvalue weighted by molar-refractivity contribution is 5.55. The first-order chi connectivity index (χ1) is 8.61. The summed E-state index contributed by atoms with van der Waals surface area (Å²) in [5.74, 6) is 0. The summed E-state index contributed by atoms with van der Waals surface area (Å²) in [6, 6.07) is 7.50. The SMILES string of the molecule is CCC(C)N1CCN(c2cc(C)ccc2C)CC1. The van der Waals surface area contributed by atoms with Gasteiger partial charge >= 0.3 is 0 Å². The Bertz CT molecular complexity index is 392. The summed E-state index contributed by atoms with van der Waals surface area (Å²) in [5, 5.41) is 0. The number of nitrogens with zero attached hydrogens (tertiary/aromatic N) is 2. The molecule has 0 amide bonds. The normalized spacial score (nSPS) is 19.0. The van der Waals surface area contributed by atoms with Gasteiger partial charge < -0.3 is 4.90 Å². The van der Waals surface area contributed by atoms with E-state index in [0.29, 0.717) is 0 Å². The van der Waals surface area contributed by atoms with Crippen molar-refractivity contribution in [2.75, 3.05) is 31.1 Å². The maximum Gasteiger partial charge on any atom is 0.0399 e. The van der Waals surface area contributed by atoms with Crippen LogP contribution in [0.5, 0.6) is 0 Å². The fourth-order valence-electron chi connectivity index (χ4n) is 2.72. The summed E-state index contributed by atoms with van der Waals surface area (Å²) in [5.41, 5.74) is 4.19. The second kappa shape index (κ2) is 5.75. The minimum absolute atomic E-state index is 0.728. The zero-order chi connectivity index (χ0) is 13.1. The quantitative estimate of drug-likeness (QED) is 0.808. The van der Waals surface area contributed by atoms with E-state index in [-0.39, 0.29) is 0 Å². The van der Waals surface area contributed by atoms with Gasteiger partial charge in [0.05, 0.1) is 0 Å². The van der Waals surface area contributed by atoms with Crippen molar-refractivity contribution in [2.24, 2.45) is 0 Å². The van der Waals surface area contributed by atoms with E-state index < -0.39 is 0 Å². The minimum atomic E-state index is 0.728. The highest BCUT2D eigenvalue weighted by atomic mass is 15.3. The van der Waals surface area contributed by atoms with Crippen molar-refractivity contribution in [3.63, 3.8) is 0 Å². The largest absolute Gasteiger partial charge is 0.369 e. The first-order valence-electron chi connectivity index (χ1n) is 7.18. The molecular weight excluding hydrogens is 220 g/mol. The lowest BCUT2D eigenvalue weighted by atomic mass is 10.1. The Hall–Kier alpha value is -1.02. The minimum Gasteiger partial charge on any atom is -0.369 e. The first kappa shape index (κ1) is 13.4. The van der Waals surface area contributed by atoms with Crippen LogP contribution in [-0.4, -0.2) is 37.1 Å². The zero-order valence-electron chi connectivity index (χ0n) is 12.2. The summed E-state index contributed by atoms with van der Waals surface area (Å²) < 4.78 is 0. The van der Waals surface area contributed by atoms with Gasteiger partial charge in [-0.15, -0.1) is 0 Å². The topological polar surface area (TPSA) is 6.48 Å². The van der Waals surface area contributed by atoms with Crippen molar-refractivity contribution in [2.45, 2.75) is 40.2 Å². The smallest absolute Gasteiger partial charge is 0.0399 e. The molecule has 0 N–H and O–H groups in total. The van der Waals surface area contributed by atoms with Crippen LogP contribution in [0, 0.1) is 13.8 Å².